The minimum atomic E-state index is -0.472. The van der Waals surface area contributed by atoms with Crippen LogP contribution in [0.15, 0.2) is 6.20 Å². The molecular weight excluding hydrogens is 244 g/mol. The second-order valence-electron chi connectivity index (χ2n) is 3.13. The summed E-state index contributed by atoms with van der Waals surface area (Å²) < 4.78 is 4.95. The summed E-state index contributed by atoms with van der Waals surface area (Å²) in [5.41, 5.74) is 0. The Kier molecular flexibility index (Phi) is 5.32. The first kappa shape index (κ1) is 13.3. The van der Waals surface area contributed by atoms with Crippen LogP contribution >= 0.6 is 11.3 Å². The van der Waals surface area contributed by atoms with Crippen molar-refractivity contribution in [2.45, 2.75) is 6.42 Å². The van der Waals surface area contributed by atoms with E-state index in [-0.39, 0.29) is 5.00 Å². The summed E-state index contributed by atoms with van der Waals surface area (Å²) in [5.74, 6) is 0. The molecule has 0 radical (unpaired) electrons. The highest BCUT2D eigenvalue weighted by molar-refractivity contribution is 7.18. The maximum atomic E-state index is 10.5. The molecule has 0 unspecified atom stereocenters. The molecule has 17 heavy (non-hydrogen) atoms. The fourth-order valence-electron chi connectivity index (χ4n) is 1.18. The van der Waals surface area contributed by atoms with Crippen LogP contribution in [0.4, 0.5) is 10.1 Å². The lowest BCUT2D eigenvalue weighted by Gasteiger charge is -2.19. The van der Waals surface area contributed by atoms with Crippen LogP contribution in [0.3, 0.4) is 0 Å². The predicted molar refractivity (Wildman–Crippen MR) is 63.1 cm³/mol. The van der Waals surface area contributed by atoms with E-state index in [1.54, 1.807) is 7.11 Å². The van der Waals surface area contributed by atoms with E-state index in [4.69, 9.17) is 10.00 Å². The van der Waals surface area contributed by atoms with Crippen molar-refractivity contribution in [3.8, 4) is 6.07 Å². The normalized spacial score (nSPS) is 9.88. The third-order valence-corrected chi connectivity index (χ3v) is 3.00. The van der Waals surface area contributed by atoms with E-state index in [1.165, 1.54) is 6.20 Å². The van der Waals surface area contributed by atoms with E-state index < -0.39 is 4.92 Å². The van der Waals surface area contributed by atoms with Crippen LogP contribution < -0.4 is 4.90 Å². The van der Waals surface area contributed by atoms with Gasteiger partial charge in [0.15, 0.2) is 5.13 Å². The number of ether oxygens (including phenoxy) is 1. The van der Waals surface area contributed by atoms with Crippen LogP contribution in [0.1, 0.15) is 6.42 Å². The van der Waals surface area contributed by atoms with Gasteiger partial charge < -0.3 is 9.64 Å². The summed E-state index contributed by atoms with van der Waals surface area (Å²) in [5, 5.41) is 19.6. The Bertz CT molecular complexity index is 415. The lowest BCUT2D eigenvalue weighted by Crippen LogP contribution is -2.27. The first-order valence-electron chi connectivity index (χ1n) is 4.90. The van der Waals surface area contributed by atoms with Crippen LogP contribution in [0.25, 0.3) is 0 Å². The zero-order chi connectivity index (χ0) is 12.7. The van der Waals surface area contributed by atoms with Gasteiger partial charge in [0.05, 0.1) is 24.0 Å². The number of nitro groups is 1. The van der Waals surface area contributed by atoms with E-state index >= 15 is 0 Å². The molecule has 7 nitrogen and oxygen atoms in total. The highest BCUT2D eigenvalue weighted by Gasteiger charge is 2.16. The van der Waals surface area contributed by atoms with Crippen LogP contribution in [-0.2, 0) is 4.74 Å². The third-order valence-electron chi connectivity index (χ3n) is 1.99. The maximum Gasteiger partial charge on any atom is 0.345 e. The van der Waals surface area contributed by atoms with Gasteiger partial charge in [-0.3, -0.25) is 10.1 Å². The van der Waals surface area contributed by atoms with Crippen molar-refractivity contribution in [2.75, 3.05) is 31.7 Å². The molecule has 1 aromatic heterocycles. The zero-order valence-corrected chi connectivity index (χ0v) is 10.1. The summed E-state index contributed by atoms with van der Waals surface area (Å²) in [6.07, 6.45) is 1.57. The van der Waals surface area contributed by atoms with E-state index in [0.717, 1.165) is 11.3 Å². The number of thiazole rings is 1. The van der Waals surface area contributed by atoms with Crippen molar-refractivity contribution in [1.82, 2.24) is 4.98 Å². The minimum Gasteiger partial charge on any atom is -0.383 e. The summed E-state index contributed by atoms with van der Waals surface area (Å²) in [7, 11) is 1.58. The van der Waals surface area contributed by atoms with Crippen LogP contribution in [0.5, 0.6) is 0 Å². The molecule has 0 saturated heterocycles. The molecule has 0 saturated carbocycles. The summed E-state index contributed by atoms with van der Waals surface area (Å²) in [6, 6.07) is 2.03. The molecule has 0 aliphatic carbocycles. The topological polar surface area (TPSA) is 92.3 Å². The van der Waals surface area contributed by atoms with Crippen LogP contribution in [0.2, 0.25) is 0 Å². The highest BCUT2D eigenvalue weighted by Crippen LogP contribution is 2.28. The monoisotopic (exact) mass is 256 g/mol. The Morgan fingerprint density at radius 3 is 3.00 bits per heavy atom. The molecule has 1 heterocycles. The maximum absolute atomic E-state index is 10.5. The third kappa shape index (κ3) is 3.97. The number of rotatable bonds is 7. The SMILES string of the molecule is COCCN(CCC#N)c1ncc([N+](=O)[O-])s1. The lowest BCUT2D eigenvalue weighted by molar-refractivity contribution is -0.380. The summed E-state index contributed by atoms with van der Waals surface area (Å²) >= 11 is 1.00. The van der Waals surface area contributed by atoms with Crippen molar-refractivity contribution in [3.05, 3.63) is 16.3 Å². The van der Waals surface area contributed by atoms with Gasteiger partial charge in [-0.1, -0.05) is 0 Å². The molecule has 0 bridgehead atoms. The zero-order valence-electron chi connectivity index (χ0n) is 9.33. The van der Waals surface area contributed by atoms with Crippen molar-refractivity contribution in [3.63, 3.8) is 0 Å². The first-order chi connectivity index (χ1) is 8.19. The highest BCUT2D eigenvalue weighted by atomic mass is 32.1. The molecule has 0 aromatic carbocycles. The Morgan fingerprint density at radius 2 is 2.47 bits per heavy atom. The molecule has 0 N–H and O–H groups in total. The average molecular weight is 256 g/mol. The summed E-state index contributed by atoms with van der Waals surface area (Å²) in [6.45, 7) is 1.53. The number of anilines is 1. The number of methoxy groups -OCH3 is 1. The van der Waals surface area contributed by atoms with Crippen molar-refractivity contribution in [2.24, 2.45) is 0 Å². The second kappa shape index (κ2) is 6.78. The molecule has 0 spiro atoms. The Morgan fingerprint density at radius 1 is 1.71 bits per heavy atom. The number of hydrogen-bond donors (Lipinski definition) is 0. The van der Waals surface area contributed by atoms with E-state index in [0.29, 0.717) is 31.2 Å². The Balaban J connectivity index is 2.73. The van der Waals surface area contributed by atoms with E-state index in [1.807, 2.05) is 11.0 Å². The Labute approximate surface area is 102 Å². The fraction of sp³-hybridized carbons (Fsp3) is 0.556. The standard InChI is InChI=1S/C9H12N4O3S/c1-16-6-5-12(4-2-3-10)9-11-7-8(17-9)13(14)15/h7H,2,4-6H2,1H3. The molecule has 0 aliphatic rings. The molecule has 1 rings (SSSR count). The lowest BCUT2D eigenvalue weighted by atomic mass is 10.4. The number of aromatic nitrogens is 1. The van der Waals surface area contributed by atoms with Gasteiger partial charge >= 0.3 is 5.00 Å². The van der Waals surface area contributed by atoms with Crippen molar-refractivity contribution < 1.29 is 9.66 Å². The molecule has 0 aliphatic heterocycles. The fourth-order valence-corrected chi connectivity index (χ4v) is 1.96. The predicted octanol–water partition coefficient (Wildman–Crippen LogP) is 1.42. The molecule has 0 fully saturated rings. The average Bonchev–Trinajstić information content (AvgIpc) is 2.79. The first-order valence-corrected chi connectivity index (χ1v) is 5.71. The van der Waals surface area contributed by atoms with Gasteiger partial charge in [-0.05, 0) is 11.3 Å². The molecule has 8 heteroatoms. The molecular formula is C9H12N4O3S. The van der Waals surface area contributed by atoms with Crippen molar-refractivity contribution in [1.29, 1.82) is 5.26 Å². The molecule has 0 atom stereocenters. The van der Waals surface area contributed by atoms with Crippen LogP contribution in [0, 0.1) is 21.4 Å². The minimum absolute atomic E-state index is 0.000579. The molecule has 1 aromatic rings. The smallest absolute Gasteiger partial charge is 0.345 e. The quantitative estimate of drug-likeness (QED) is 0.541. The second-order valence-corrected chi connectivity index (χ2v) is 4.11. The number of hydrogen-bond acceptors (Lipinski definition) is 7. The summed E-state index contributed by atoms with van der Waals surface area (Å²) in [4.78, 5) is 15.9. The number of nitrogens with zero attached hydrogens (tertiary/aromatic N) is 4. The molecule has 92 valence electrons. The van der Waals surface area contributed by atoms with Crippen molar-refractivity contribution >= 4 is 21.5 Å². The van der Waals surface area contributed by atoms with Gasteiger partial charge in [-0.25, -0.2) is 4.98 Å². The van der Waals surface area contributed by atoms with E-state index in [2.05, 4.69) is 4.98 Å². The van der Waals surface area contributed by atoms with Gasteiger partial charge in [0.2, 0.25) is 0 Å². The van der Waals surface area contributed by atoms with Gasteiger partial charge in [-0.15, -0.1) is 0 Å². The van der Waals surface area contributed by atoms with Gasteiger partial charge in [0, 0.05) is 20.2 Å². The van der Waals surface area contributed by atoms with Crippen LogP contribution in [-0.4, -0.2) is 36.7 Å². The largest absolute Gasteiger partial charge is 0.383 e. The number of nitriles is 1. The van der Waals surface area contributed by atoms with Gasteiger partial charge in [-0.2, -0.15) is 5.26 Å². The van der Waals surface area contributed by atoms with Gasteiger partial charge in [0.1, 0.15) is 6.20 Å². The Hall–Kier alpha value is -1.72. The molecule has 0 amide bonds. The van der Waals surface area contributed by atoms with E-state index in [9.17, 15) is 10.1 Å². The van der Waals surface area contributed by atoms with Gasteiger partial charge in [0.25, 0.3) is 0 Å².